The van der Waals surface area contributed by atoms with Gasteiger partial charge in [0.15, 0.2) is 0 Å². The van der Waals surface area contributed by atoms with Crippen molar-refractivity contribution in [3.63, 3.8) is 0 Å². The Morgan fingerprint density at radius 2 is 1.65 bits per heavy atom. The SMILES string of the molecule is CC(C)C(=O)Nc1ccc(NCc2cc(Br)ccc2OCc2c(Cl)cccc2Cl)cc1. The molecule has 4 nitrogen and oxygen atoms in total. The van der Waals surface area contributed by atoms with Crippen molar-refractivity contribution >= 4 is 56.4 Å². The molecule has 0 heterocycles. The van der Waals surface area contributed by atoms with Gasteiger partial charge in [-0.1, -0.05) is 59.0 Å². The van der Waals surface area contributed by atoms with Crippen LogP contribution in [0.25, 0.3) is 0 Å². The Bertz CT molecular complexity index is 1040. The number of hydrogen-bond acceptors (Lipinski definition) is 3. The first-order chi connectivity index (χ1) is 14.8. The van der Waals surface area contributed by atoms with E-state index in [2.05, 4.69) is 26.6 Å². The van der Waals surface area contributed by atoms with E-state index in [0.29, 0.717) is 16.6 Å². The molecule has 3 rings (SSSR count). The number of rotatable bonds is 8. The third kappa shape index (κ3) is 6.63. The van der Waals surface area contributed by atoms with Crippen LogP contribution in [0, 0.1) is 5.92 Å². The van der Waals surface area contributed by atoms with Crippen molar-refractivity contribution in [2.75, 3.05) is 10.6 Å². The number of carbonyl (C=O) groups is 1. The van der Waals surface area contributed by atoms with Crippen molar-refractivity contribution < 1.29 is 9.53 Å². The van der Waals surface area contributed by atoms with Crippen molar-refractivity contribution in [2.45, 2.75) is 27.0 Å². The van der Waals surface area contributed by atoms with E-state index in [0.717, 1.165) is 32.7 Å². The number of amides is 1. The Hall–Kier alpha value is -2.21. The van der Waals surface area contributed by atoms with Crippen molar-refractivity contribution in [3.05, 3.63) is 86.3 Å². The normalized spacial score (nSPS) is 10.8. The zero-order chi connectivity index (χ0) is 22.4. The number of hydrogen-bond donors (Lipinski definition) is 2. The molecular formula is C24H23BrCl2N2O2. The maximum Gasteiger partial charge on any atom is 0.226 e. The average molecular weight is 522 g/mol. The van der Waals surface area contributed by atoms with E-state index in [4.69, 9.17) is 27.9 Å². The zero-order valence-electron chi connectivity index (χ0n) is 17.2. The lowest BCUT2D eigenvalue weighted by atomic mass is 10.1. The molecule has 0 saturated carbocycles. The molecule has 0 radical (unpaired) electrons. The van der Waals surface area contributed by atoms with Gasteiger partial charge in [0.1, 0.15) is 12.4 Å². The van der Waals surface area contributed by atoms with Gasteiger partial charge in [-0.2, -0.15) is 0 Å². The third-order valence-corrected chi connectivity index (χ3v) is 5.82. The van der Waals surface area contributed by atoms with E-state index < -0.39 is 0 Å². The van der Waals surface area contributed by atoms with E-state index >= 15 is 0 Å². The van der Waals surface area contributed by atoms with Crippen LogP contribution in [0.3, 0.4) is 0 Å². The zero-order valence-corrected chi connectivity index (χ0v) is 20.3. The van der Waals surface area contributed by atoms with Gasteiger partial charge in [-0.15, -0.1) is 0 Å². The van der Waals surface area contributed by atoms with E-state index in [1.165, 1.54) is 0 Å². The minimum atomic E-state index is -0.0617. The van der Waals surface area contributed by atoms with Gasteiger partial charge in [0.25, 0.3) is 0 Å². The molecule has 31 heavy (non-hydrogen) atoms. The average Bonchev–Trinajstić information content (AvgIpc) is 2.74. The molecule has 1 amide bonds. The molecule has 2 N–H and O–H groups in total. The van der Waals surface area contributed by atoms with E-state index in [1.807, 2.05) is 62.4 Å². The number of nitrogens with one attached hydrogen (secondary N) is 2. The van der Waals surface area contributed by atoms with Crippen LogP contribution in [0.1, 0.15) is 25.0 Å². The Labute approximate surface area is 201 Å². The molecule has 3 aromatic rings. The van der Waals surface area contributed by atoms with Crippen LogP contribution in [0.5, 0.6) is 5.75 Å². The van der Waals surface area contributed by atoms with Crippen LogP contribution in [-0.4, -0.2) is 5.91 Å². The summed E-state index contributed by atoms with van der Waals surface area (Å²) in [6.45, 7) is 4.56. The number of anilines is 2. The lowest BCUT2D eigenvalue weighted by Gasteiger charge is -2.15. The summed E-state index contributed by atoms with van der Waals surface area (Å²) in [7, 11) is 0. The second-order valence-corrected chi connectivity index (χ2v) is 9.05. The van der Waals surface area contributed by atoms with Gasteiger partial charge >= 0.3 is 0 Å². The lowest BCUT2D eigenvalue weighted by Crippen LogP contribution is -2.17. The molecule has 0 aromatic heterocycles. The predicted octanol–water partition coefficient (Wildman–Crippen LogP) is 7.54. The number of carbonyl (C=O) groups excluding carboxylic acids is 1. The van der Waals surface area contributed by atoms with Crippen molar-refractivity contribution in [1.29, 1.82) is 0 Å². The summed E-state index contributed by atoms with van der Waals surface area (Å²) in [6, 6.07) is 18.9. The fourth-order valence-electron chi connectivity index (χ4n) is 2.80. The highest BCUT2D eigenvalue weighted by atomic mass is 79.9. The first-order valence-electron chi connectivity index (χ1n) is 9.82. The van der Waals surface area contributed by atoms with Crippen LogP contribution in [0.4, 0.5) is 11.4 Å². The molecule has 0 bridgehead atoms. The summed E-state index contributed by atoms with van der Waals surface area (Å²) in [4.78, 5) is 11.8. The smallest absolute Gasteiger partial charge is 0.226 e. The molecule has 0 aliphatic heterocycles. The molecule has 0 unspecified atom stereocenters. The second kappa shape index (κ2) is 10.9. The molecule has 162 valence electrons. The third-order valence-electron chi connectivity index (χ3n) is 4.62. The quantitative estimate of drug-likeness (QED) is 0.322. The minimum absolute atomic E-state index is 0.00439. The largest absolute Gasteiger partial charge is 0.488 e. The molecule has 0 aliphatic rings. The van der Waals surface area contributed by atoms with Crippen LogP contribution in [0.2, 0.25) is 10.0 Å². The van der Waals surface area contributed by atoms with E-state index in [1.54, 1.807) is 12.1 Å². The van der Waals surface area contributed by atoms with Gasteiger partial charge in [-0.25, -0.2) is 0 Å². The molecular weight excluding hydrogens is 499 g/mol. The molecule has 3 aromatic carbocycles. The van der Waals surface area contributed by atoms with Gasteiger partial charge in [-0.05, 0) is 54.6 Å². The topological polar surface area (TPSA) is 50.4 Å². The Kier molecular flexibility index (Phi) is 8.24. The van der Waals surface area contributed by atoms with Gasteiger partial charge in [0.05, 0.1) is 0 Å². The molecule has 0 saturated heterocycles. The van der Waals surface area contributed by atoms with Gasteiger partial charge < -0.3 is 15.4 Å². The highest BCUT2D eigenvalue weighted by molar-refractivity contribution is 9.10. The van der Waals surface area contributed by atoms with Crippen LogP contribution < -0.4 is 15.4 Å². The molecule has 0 fully saturated rings. The first-order valence-corrected chi connectivity index (χ1v) is 11.4. The molecule has 0 atom stereocenters. The van der Waals surface area contributed by atoms with Crippen LogP contribution in [-0.2, 0) is 17.9 Å². The van der Waals surface area contributed by atoms with Gasteiger partial charge in [-0.3, -0.25) is 4.79 Å². The van der Waals surface area contributed by atoms with E-state index in [9.17, 15) is 4.79 Å². The molecule has 7 heteroatoms. The van der Waals surface area contributed by atoms with Gasteiger partial charge in [0, 0.05) is 49.5 Å². The lowest BCUT2D eigenvalue weighted by molar-refractivity contribution is -0.118. The molecule has 0 aliphatic carbocycles. The maximum absolute atomic E-state index is 11.8. The Balaban J connectivity index is 1.66. The standard InChI is InChI=1S/C24H23BrCl2N2O2/c1-15(2)24(30)29-19-9-7-18(8-10-19)28-13-16-12-17(25)6-11-23(16)31-14-20-21(26)4-3-5-22(20)27/h3-12,15,28H,13-14H2,1-2H3,(H,29,30). The van der Waals surface area contributed by atoms with E-state index in [-0.39, 0.29) is 18.4 Å². The molecule has 0 spiro atoms. The fourth-order valence-corrected chi connectivity index (χ4v) is 3.72. The monoisotopic (exact) mass is 520 g/mol. The summed E-state index contributed by atoms with van der Waals surface area (Å²) in [5.74, 6) is 0.677. The van der Waals surface area contributed by atoms with Crippen molar-refractivity contribution in [3.8, 4) is 5.75 Å². The predicted molar refractivity (Wildman–Crippen MR) is 132 cm³/mol. The van der Waals surface area contributed by atoms with Crippen molar-refractivity contribution in [2.24, 2.45) is 5.92 Å². The van der Waals surface area contributed by atoms with Crippen LogP contribution >= 0.6 is 39.1 Å². The minimum Gasteiger partial charge on any atom is -0.488 e. The first kappa shape index (κ1) is 23.5. The van der Waals surface area contributed by atoms with Gasteiger partial charge in [0.2, 0.25) is 5.91 Å². The summed E-state index contributed by atoms with van der Waals surface area (Å²) >= 11 is 16.0. The highest BCUT2D eigenvalue weighted by Crippen LogP contribution is 2.29. The summed E-state index contributed by atoms with van der Waals surface area (Å²) in [6.07, 6.45) is 0. The number of halogens is 3. The Morgan fingerprint density at radius 1 is 1.00 bits per heavy atom. The highest BCUT2D eigenvalue weighted by Gasteiger charge is 2.10. The Morgan fingerprint density at radius 3 is 2.29 bits per heavy atom. The van der Waals surface area contributed by atoms with Crippen LogP contribution in [0.15, 0.2) is 65.1 Å². The fraction of sp³-hybridized carbons (Fsp3) is 0.208. The summed E-state index contributed by atoms with van der Waals surface area (Å²) < 4.78 is 6.99. The number of benzene rings is 3. The summed E-state index contributed by atoms with van der Waals surface area (Å²) in [5.41, 5.74) is 3.44. The van der Waals surface area contributed by atoms with Crippen molar-refractivity contribution in [1.82, 2.24) is 0 Å². The number of ether oxygens (including phenoxy) is 1. The summed E-state index contributed by atoms with van der Waals surface area (Å²) in [5, 5.41) is 7.43. The maximum atomic E-state index is 11.8. The second-order valence-electron chi connectivity index (χ2n) is 7.32.